The summed E-state index contributed by atoms with van der Waals surface area (Å²) in [5.41, 5.74) is 1.13. The van der Waals surface area contributed by atoms with Crippen molar-refractivity contribution >= 4 is 23.0 Å². The molecule has 0 aliphatic carbocycles. The fraction of sp³-hybridized carbons (Fsp3) is 0.412. The summed E-state index contributed by atoms with van der Waals surface area (Å²) in [6, 6.07) is 10.2. The standard InChI is InChI=1S/C17H22N6O2/c1-2-8-18-16-15(23(24)25)17(20-13-19-16)22-11-9-21(10-12-22)14-6-4-3-5-7-14/h3-7,13H,2,8-12H2,1H3,(H,18,19,20). The SMILES string of the molecule is CCCNc1ncnc(N2CCN(c3ccccc3)CC2)c1[N+](=O)[O-]. The van der Waals surface area contributed by atoms with Gasteiger partial charge in [0.25, 0.3) is 0 Å². The minimum Gasteiger partial charge on any atom is -0.368 e. The molecule has 25 heavy (non-hydrogen) atoms. The van der Waals surface area contributed by atoms with E-state index in [-0.39, 0.29) is 5.69 Å². The summed E-state index contributed by atoms with van der Waals surface area (Å²) in [7, 11) is 0. The van der Waals surface area contributed by atoms with Crippen LogP contribution in [0, 0.1) is 10.1 Å². The molecule has 0 bridgehead atoms. The number of anilines is 3. The van der Waals surface area contributed by atoms with Crippen molar-refractivity contribution in [3.05, 3.63) is 46.8 Å². The third-order valence-electron chi connectivity index (χ3n) is 4.23. The Morgan fingerprint density at radius 3 is 2.44 bits per heavy atom. The van der Waals surface area contributed by atoms with Gasteiger partial charge in [0.2, 0.25) is 11.6 Å². The Labute approximate surface area is 146 Å². The van der Waals surface area contributed by atoms with E-state index in [1.54, 1.807) is 0 Å². The highest BCUT2D eigenvalue weighted by atomic mass is 16.6. The number of benzene rings is 1. The quantitative estimate of drug-likeness (QED) is 0.637. The van der Waals surface area contributed by atoms with Crippen molar-refractivity contribution in [1.82, 2.24) is 9.97 Å². The van der Waals surface area contributed by atoms with Gasteiger partial charge in [-0.3, -0.25) is 10.1 Å². The molecule has 0 unspecified atom stereocenters. The average Bonchev–Trinajstić information content (AvgIpc) is 2.66. The van der Waals surface area contributed by atoms with Crippen LogP contribution in [0.15, 0.2) is 36.7 Å². The Balaban J connectivity index is 1.77. The van der Waals surface area contributed by atoms with E-state index in [4.69, 9.17) is 0 Å². The molecule has 1 aromatic carbocycles. The van der Waals surface area contributed by atoms with Crippen LogP contribution in [-0.2, 0) is 0 Å². The molecule has 1 aliphatic rings. The second-order valence-corrected chi connectivity index (χ2v) is 5.89. The lowest BCUT2D eigenvalue weighted by Gasteiger charge is -2.36. The highest BCUT2D eigenvalue weighted by molar-refractivity contribution is 5.70. The zero-order valence-electron chi connectivity index (χ0n) is 14.3. The van der Waals surface area contributed by atoms with Crippen molar-refractivity contribution in [3.8, 4) is 0 Å². The summed E-state index contributed by atoms with van der Waals surface area (Å²) in [6.45, 7) is 5.59. The molecular weight excluding hydrogens is 320 g/mol. The van der Waals surface area contributed by atoms with Crippen LogP contribution >= 0.6 is 0 Å². The lowest BCUT2D eigenvalue weighted by molar-refractivity contribution is -0.383. The van der Waals surface area contributed by atoms with Crippen molar-refractivity contribution in [3.63, 3.8) is 0 Å². The molecule has 1 fully saturated rings. The molecule has 2 aromatic rings. The molecule has 1 N–H and O–H groups in total. The number of nitrogens with zero attached hydrogens (tertiary/aromatic N) is 5. The van der Waals surface area contributed by atoms with Gasteiger partial charge in [-0.15, -0.1) is 0 Å². The average molecular weight is 342 g/mol. The third kappa shape index (κ3) is 3.78. The molecule has 0 radical (unpaired) electrons. The Morgan fingerprint density at radius 2 is 1.80 bits per heavy atom. The number of nitro groups is 1. The molecule has 8 nitrogen and oxygen atoms in total. The van der Waals surface area contributed by atoms with Crippen LogP contribution in [0.5, 0.6) is 0 Å². The summed E-state index contributed by atoms with van der Waals surface area (Å²) in [5, 5.41) is 14.6. The van der Waals surface area contributed by atoms with Gasteiger partial charge in [0, 0.05) is 38.4 Å². The molecule has 0 spiro atoms. The van der Waals surface area contributed by atoms with Gasteiger partial charge in [0.1, 0.15) is 6.33 Å². The number of rotatable bonds is 6. The predicted molar refractivity (Wildman–Crippen MR) is 98.3 cm³/mol. The molecule has 8 heteroatoms. The summed E-state index contributed by atoms with van der Waals surface area (Å²) in [6.07, 6.45) is 2.26. The molecule has 132 valence electrons. The maximum atomic E-state index is 11.6. The topological polar surface area (TPSA) is 87.4 Å². The fourth-order valence-corrected chi connectivity index (χ4v) is 2.96. The maximum absolute atomic E-state index is 11.6. The molecule has 0 saturated carbocycles. The lowest BCUT2D eigenvalue weighted by Crippen LogP contribution is -2.47. The van der Waals surface area contributed by atoms with E-state index in [0.29, 0.717) is 31.3 Å². The maximum Gasteiger partial charge on any atom is 0.353 e. The third-order valence-corrected chi connectivity index (χ3v) is 4.23. The van der Waals surface area contributed by atoms with Gasteiger partial charge in [-0.2, -0.15) is 0 Å². The number of piperazine rings is 1. The van der Waals surface area contributed by atoms with E-state index < -0.39 is 4.92 Å². The Bertz CT molecular complexity index is 716. The molecule has 3 rings (SSSR count). The van der Waals surface area contributed by atoms with Crippen LogP contribution < -0.4 is 15.1 Å². The van der Waals surface area contributed by atoms with Crippen LogP contribution in [0.4, 0.5) is 23.0 Å². The number of aromatic nitrogens is 2. The van der Waals surface area contributed by atoms with Crippen molar-refractivity contribution < 1.29 is 4.92 Å². The van der Waals surface area contributed by atoms with Gasteiger partial charge in [-0.25, -0.2) is 9.97 Å². The van der Waals surface area contributed by atoms with Crippen molar-refractivity contribution in [1.29, 1.82) is 0 Å². The number of hydrogen-bond donors (Lipinski definition) is 1. The van der Waals surface area contributed by atoms with E-state index in [1.165, 1.54) is 12.0 Å². The second kappa shape index (κ2) is 7.78. The summed E-state index contributed by atoms with van der Waals surface area (Å²) in [4.78, 5) is 23.7. The molecule has 2 heterocycles. The summed E-state index contributed by atoms with van der Waals surface area (Å²) < 4.78 is 0. The second-order valence-electron chi connectivity index (χ2n) is 5.89. The Kier molecular flexibility index (Phi) is 5.27. The zero-order chi connectivity index (χ0) is 17.6. The van der Waals surface area contributed by atoms with Gasteiger partial charge >= 0.3 is 5.69 Å². The number of hydrogen-bond acceptors (Lipinski definition) is 7. The van der Waals surface area contributed by atoms with Crippen LogP contribution in [0.3, 0.4) is 0 Å². The fourth-order valence-electron chi connectivity index (χ4n) is 2.96. The van der Waals surface area contributed by atoms with Gasteiger partial charge in [-0.1, -0.05) is 25.1 Å². The van der Waals surface area contributed by atoms with Crippen molar-refractivity contribution in [2.45, 2.75) is 13.3 Å². The van der Waals surface area contributed by atoms with Gasteiger partial charge < -0.3 is 15.1 Å². The molecule has 1 aliphatic heterocycles. The van der Waals surface area contributed by atoms with Crippen LogP contribution in [-0.4, -0.2) is 47.6 Å². The van der Waals surface area contributed by atoms with Crippen molar-refractivity contribution in [2.24, 2.45) is 0 Å². The van der Waals surface area contributed by atoms with Crippen LogP contribution in [0.25, 0.3) is 0 Å². The molecular formula is C17H22N6O2. The zero-order valence-corrected chi connectivity index (χ0v) is 14.3. The first-order valence-corrected chi connectivity index (χ1v) is 8.49. The van der Waals surface area contributed by atoms with Crippen LogP contribution in [0.1, 0.15) is 13.3 Å². The molecule has 0 atom stereocenters. The molecule has 0 amide bonds. The smallest absolute Gasteiger partial charge is 0.353 e. The highest BCUT2D eigenvalue weighted by Gasteiger charge is 2.29. The number of nitrogens with one attached hydrogen (secondary N) is 1. The summed E-state index contributed by atoms with van der Waals surface area (Å²) in [5.74, 6) is 0.689. The van der Waals surface area contributed by atoms with E-state index in [1.807, 2.05) is 30.0 Å². The Morgan fingerprint density at radius 1 is 1.12 bits per heavy atom. The van der Waals surface area contributed by atoms with E-state index in [2.05, 4.69) is 32.3 Å². The first kappa shape index (κ1) is 16.9. The normalized spacial score (nSPS) is 14.4. The van der Waals surface area contributed by atoms with Crippen LogP contribution in [0.2, 0.25) is 0 Å². The Hall–Kier alpha value is -2.90. The highest BCUT2D eigenvalue weighted by Crippen LogP contribution is 2.32. The first-order valence-electron chi connectivity index (χ1n) is 8.49. The number of para-hydroxylation sites is 1. The first-order chi connectivity index (χ1) is 12.2. The van der Waals surface area contributed by atoms with Crippen molar-refractivity contribution in [2.75, 3.05) is 47.8 Å². The van der Waals surface area contributed by atoms with E-state index >= 15 is 0 Å². The minimum absolute atomic E-state index is 0.0379. The van der Waals surface area contributed by atoms with Gasteiger partial charge in [0.15, 0.2) is 0 Å². The lowest BCUT2D eigenvalue weighted by atomic mass is 10.2. The molecule has 1 aromatic heterocycles. The summed E-state index contributed by atoms with van der Waals surface area (Å²) >= 11 is 0. The largest absolute Gasteiger partial charge is 0.368 e. The minimum atomic E-state index is -0.392. The monoisotopic (exact) mass is 342 g/mol. The predicted octanol–water partition coefficient (Wildman–Crippen LogP) is 2.53. The molecule has 1 saturated heterocycles. The van der Waals surface area contributed by atoms with Gasteiger partial charge in [0.05, 0.1) is 4.92 Å². The van der Waals surface area contributed by atoms with E-state index in [9.17, 15) is 10.1 Å². The van der Waals surface area contributed by atoms with E-state index in [0.717, 1.165) is 19.5 Å². The van der Waals surface area contributed by atoms with Gasteiger partial charge in [-0.05, 0) is 18.6 Å².